The number of alkyl halides is 1. The van der Waals surface area contributed by atoms with Crippen molar-refractivity contribution in [1.29, 1.82) is 0 Å². The first-order chi connectivity index (χ1) is 16.1. The molecular formula is C25H33ClN4O3. The highest BCUT2D eigenvalue weighted by molar-refractivity contribution is 6.17. The zero-order valence-corrected chi connectivity index (χ0v) is 20.3. The van der Waals surface area contributed by atoms with Gasteiger partial charge in [0.1, 0.15) is 5.65 Å². The number of fused-ring (bicyclic) bond motifs is 1. The van der Waals surface area contributed by atoms with Gasteiger partial charge < -0.3 is 24.7 Å². The van der Waals surface area contributed by atoms with E-state index < -0.39 is 0 Å². The standard InChI is InChI=1S/C25H33ClN4O3/c1-4-5-6-15-33-23-16-20(7-8-22(23)32-3)29-25(31)30(18(2)9-12-26)17-19-10-13-27-24-21(19)11-14-28-24/h7-8,10-11,13-14,16,18H,4-6,9,12,15,17H2,1-3H3,(H,27,28)(H,29,31). The number of carbonyl (C=O) groups is 1. The average Bonchev–Trinajstić information content (AvgIpc) is 3.30. The van der Waals surface area contributed by atoms with Crippen LogP contribution in [0.25, 0.3) is 11.0 Å². The molecule has 0 saturated heterocycles. The van der Waals surface area contributed by atoms with E-state index in [1.54, 1.807) is 18.2 Å². The second-order valence-corrected chi connectivity index (χ2v) is 8.39. The van der Waals surface area contributed by atoms with Gasteiger partial charge in [0.25, 0.3) is 0 Å². The SMILES string of the molecule is CCCCCOc1cc(NC(=O)N(Cc2ccnc3[nH]ccc23)C(C)CCCl)ccc1OC. The Morgan fingerprint density at radius 1 is 1.24 bits per heavy atom. The third-order valence-electron chi connectivity index (χ3n) is 5.63. The molecule has 1 atom stereocenters. The summed E-state index contributed by atoms with van der Waals surface area (Å²) in [5.74, 6) is 1.73. The number of rotatable bonds is 12. The van der Waals surface area contributed by atoms with Gasteiger partial charge >= 0.3 is 6.03 Å². The van der Waals surface area contributed by atoms with E-state index in [0.29, 0.717) is 42.6 Å². The largest absolute Gasteiger partial charge is 0.493 e. The van der Waals surface area contributed by atoms with Crippen molar-refractivity contribution in [2.24, 2.45) is 0 Å². The van der Waals surface area contributed by atoms with Crippen molar-refractivity contribution in [1.82, 2.24) is 14.9 Å². The molecule has 0 saturated carbocycles. The smallest absolute Gasteiger partial charge is 0.322 e. The van der Waals surface area contributed by atoms with Crippen LogP contribution in [0.4, 0.5) is 10.5 Å². The molecule has 0 fully saturated rings. The van der Waals surface area contributed by atoms with Crippen molar-refractivity contribution in [3.05, 3.63) is 48.3 Å². The Morgan fingerprint density at radius 3 is 2.85 bits per heavy atom. The van der Waals surface area contributed by atoms with Gasteiger partial charge in [-0.1, -0.05) is 19.8 Å². The van der Waals surface area contributed by atoms with Crippen molar-refractivity contribution in [3.8, 4) is 11.5 Å². The van der Waals surface area contributed by atoms with Crippen LogP contribution in [-0.2, 0) is 6.54 Å². The first kappa shape index (κ1) is 24.7. The van der Waals surface area contributed by atoms with Crippen molar-refractivity contribution < 1.29 is 14.3 Å². The van der Waals surface area contributed by atoms with Gasteiger partial charge in [-0.15, -0.1) is 11.6 Å². The number of halogens is 1. The number of nitrogens with zero attached hydrogens (tertiary/aromatic N) is 2. The van der Waals surface area contributed by atoms with Crippen molar-refractivity contribution in [3.63, 3.8) is 0 Å². The molecular weight excluding hydrogens is 440 g/mol. The minimum atomic E-state index is -0.199. The molecule has 0 bridgehead atoms. The fraction of sp³-hybridized carbons (Fsp3) is 0.440. The number of benzene rings is 1. The molecule has 8 heteroatoms. The number of methoxy groups -OCH3 is 1. The van der Waals surface area contributed by atoms with Crippen LogP contribution >= 0.6 is 11.6 Å². The van der Waals surface area contributed by atoms with Crippen molar-refractivity contribution in [2.45, 2.75) is 52.1 Å². The van der Waals surface area contributed by atoms with Gasteiger partial charge in [0.2, 0.25) is 0 Å². The van der Waals surface area contributed by atoms with E-state index in [1.165, 1.54) is 0 Å². The zero-order valence-electron chi connectivity index (χ0n) is 19.6. The normalized spacial score (nSPS) is 11.9. The number of nitrogens with one attached hydrogen (secondary N) is 2. The maximum absolute atomic E-state index is 13.3. The molecule has 2 aromatic heterocycles. The summed E-state index contributed by atoms with van der Waals surface area (Å²) in [6.45, 7) is 5.21. The van der Waals surface area contributed by atoms with E-state index in [-0.39, 0.29) is 12.1 Å². The molecule has 0 aliphatic heterocycles. The van der Waals surface area contributed by atoms with E-state index >= 15 is 0 Å². The van der Waals surface area contributed by atoms with E-state index in [2.05, 4.69) is 22.2 Å². The first-order valence-corrected chi connectivity index (χ1v) is 12.0. The molecule has 7 nitrogen and oxygen atoms in total. The molecule has 0 radical (unpaired) electrons. The van der Waals surface area contributed by atoms with E-state index in [1.807, 2.05) is 43.5 Å². The highest BCUT2D eigenvalue weighted by atomic mass is 35.5. The third-order valence-corrected chi connectivity index (χ3v) is 5.85. The quantitative estimate of drug-likeness (QED) is 0.243. The predicted molar refractivity (Wildman–Crippen MR) is 133 cm³/mol. The minimum Gasteiger partial charge on any atom is -0.493 e. The van der Waals surface area contributed by atoms with Crippen LogP contribution in [0, 0.1) is 0 Å². The van der Waals surface area contributed by atoms with Crippen LogP contribution < -0.4 is 14.8 Å². The lowest BCUT2D eigenvalue weighted by molar-refractivity contribution is 0.187. The summed E-state index contributed by atoms with van der Waals surface area (Å²) in [7, 11) is 1.61. The van der Waals surface area contributed by atoms with Crippen LogP contribution in [0.15, 0.2) is 42.7 Å². The predicted octanol–water partition coefficient (Wildman–Crippen LogP) is 6.19. The molecule has 2 N–H and O–H groups in total. The fourth-order valence-corrected chi connectivity index (χ4v) is 3.99. The maximum Gasteiger partial charge on any atom is 0.322 e. The molecule has 2 heterocycles. The second kappa shape index (κ2) is 12.3. The van der Waals surface area contributed by atoms with Gasteiger partial charge in [0, 0.05) is 48.0 Å². The fourth-order valence-electron chi connectivity index (χ4n) is 3.68. The summed E-state index contributed by atoms with van der Waals surface area (Å²) < 4.78 is 11.3. The Kier molecular flexibility index (Phi) is 9.24. The topological polar surface area (TPSA) is 79.5 Å². The van der Waals surface area contributed by atoms with Crippen LogP contribution in [0.2, 0.25) is 0 Å². The average molecular weight is 473 g/mol. The number of H-pyrrole nitrogens is 1. The summed E-state index contributed by atoms with van der Waals surface area (Å²) in [6, 6.07) is 9.11. The number of pyridine rings is 1. The van der Waals surface area contributed by atoms with E-state index in [4.69, 9.17) is 21.1 Å². The number of urea groups is 1. The number of hydrogen-bond acceptors (Lipinski definition) is 4. The van der Waals surface area contributed by atoms with E-state index in [9.17, 15) is 4.79 Å². The molecule has 3 rings (SSSR count). The lowest BCUT2D eigenvalue weighted by Crippen LogP contribution is -2.41. The Hall–Kier alpha value is -2.93. The molecule has 0 aliphatic rings. The van der Waals surface area contributed by atoms with Crippen molar-refractivity contribution in [2.75, 3.05) is 24.9 Å². The summed E-state index contributed by atoms with van der Waals surface area (Å²) >= 11 is 6.01. The number of carbonyl (C=O) groups excluding carboxylic acids is 1. The van der Waals surface area contributed by atoms with Crippen LogP contribution in [0.1, 0.15) is 45.1 Å². The summed E-state index contributed by atoms with van der Waals surface area (Å²) in [5.41, 5.74) is 2.47. The van der Waals surface area contributed by atoms with Crippen molar-refractivity contribution >= 4 is 34.4 Å². The molecule has 33 heavy (non-hydrogen) atoms. The Labute approximate surface area is 200 Å². The second-order valence-electron chi connectivity index (χ2n) is 8.02. The first-order valence-electron chi connectivity index (χ1n) is 11.4. The molecule has 3 aromatic rings. The highest BCUT2D eigenvalue weighted by Gasteiger charge is 2.22. The van der Waals surface area contributed by atoms with E-state index in [0.717, 1.165) is 35.9 Å². The molecule has 2 amide bonds. The van der Waals surface area contributed by atoms with Gasteiger partial charge in [-0.3, -0.25) is 0 Å². The number of unbranched alkanes of at least 4 members (excludes halogenated alkanes) is 2. The lowest BCUT2D eigenvalue weighted by Gasteiger charge is -2.29. The summed E-state index contributed by atoms with van der Waals surface area (Å²) in [4.78, 5) is 22.6. The lowest BCUT2D eigenvalue weighted by atomic mass is 10.1. The molecule has 178 valence electrons. The molecule has 1 aromatic carbocycles. The van der Waals surface area contributed by atoms with Crippen LogP contribution in [0.3, 0.4) is 0 Å². The number of amides is 2. The Bertz CT molecular complexity index is 1040. The maximum atomic E-state index is 13.3. The molecule has 0 spiro atoms. The highest BCUT2D eigenvalue weighted by Crippen LogP contribution is 2.31. The van der Waals surface area contributed by atoms with Crippen LogP contribution in [0.5, 0.6) is 11.5 Å². The number of anilines is 1. The van der Waals surface area contributed by atoms with Gasteiger partial charge in [0.15, 0.2) is 11.5 Å². The third kappa shape index (κ3) is 6.54. The molecule has 1 unspecified atom stereocenters. The zero-order chi connectivity index (χ0) is 23.6. The Morgan fingerprint density at radius 2 is 2.09 bits per heavy atom. The number of aromatic nitrogens is 2. The van der Waals surface area contributed by atoms with Gasteiger partial charge in [-0.25, -0.2) is 9.78 Å². The number of hydrogen-bond donors (Lipinski definition) is 2. The van der Waals surface area contributed by atoms with Gasteiger partial charge in [0.05, 0.1) is 13.7 Å². The van der Waals surface area contributed by atoms with Gasteiger partial charge in [-0.05, 0) is 49.6 Å². The number of ether oxygens (including phenoxy) is 2. The number of aromatic amines is 1. The summed E-state index contributed by atoms with van der Waals surface area (Å²) in [6.07, 6.45) is 7.49. The van der Waals surface area contributed by atoms with Crippen LogP contribution in [-0.4, -0.2) is 46.5 Å². The van der Waals surface area contributed by atoms with Gasteiger partial charge in [-0.2, -0.15) is 0 Å². The monoisotopic (exact) mass is 472 g/mol. The summed E-state index contributed by atoms with van der Waals surface area (Å²) in [5, 5.41) is 4.02. The minimum absolute atomic E-state index is 0.0485. The Balaban J connectivity index is 1.78. The molecule has 0 aliphatic carbocycles.